The van der Waals surface area contributed by atoms with E-state index in [1.807, 2.05) is 0 Å². The highest BCUT2D eigenvalue weighted by molar-refractivity contribution is 7.72. The quantitative estimate of drug-likeness (QED) is 0.475. The zero-order valence-electron chi connectivity index (χ0n) is 9.61. The molecule has 102 valence electrons. The standard InChI is InChI=1S/C8H19NO6P2/c1-8(16(10,11)12,17(13,14)15)5-7-3-2-4-9-6-7/h7,9H,2-6H2,1H3,(H2,10,11,12)(H2,13,14,15). The fourth-order valence-corrected chi connectivity index (χ4v) is 4.40. The van der Waals surface area contributed by atoms with Crippen molar-refractivity contribution in [2.24, 2.45) is 5.92 Å². The van der Waals surface area contributed by atoms with Crippen molar-refractivity contribution in [3.63, 3.8) is 0 Å². The smallest absolute Gasteiger partial charge is 0.324 e. The van der Waals surface area contributed by atoms with Gasteiger partial charge >= 0.3 is 15.2 Å². The van der Waals surface area contributed by atoms with Gasteiger partial charge in [0.25, 0.3) is 0 Å². The maximum absolute atomic E-state index is 11.4. The predicted molar refractivity (Wildman–Crippen MR) is 62.7 cm³/mol. The molecular formula is C8H19NO6P2. The molecule has 9 heteroatoms. The summed E-state index contributed by atoms with van der Waals surface area (Å²) in [5.41, 5.74) is 0. The van der Waals surface area contributed by atoms with Gasteiger partial charge in [-0.3, -0.25) is 9.13 Å². The molecule has 0 bridgehead atoms. The van der Waals surface area contributed by atoms with Crippen LogP contribution >= 0.6 is 15.2 Å². The van der Waals surface area contributed by atoms with Crippen molar-refractivity contribution in [1.29, 1.82) is 0 Å². The van der Waals surface area contributed by atoms with Crippen LogP contribution < -0.4 is 5.32 Å². The zero-order valence-corrected chi connectivity index (χ0v) is 11.4. The van der Waals surface area contributed by atoms with Gasteiger partial charge in [-0.2, -0.15) is 0 Å². The maximum Gasteiger partial charge on any atom is 0.343 e. The second kappa shape index (κ2) is 5.10. The van der Waals surface area contributed by atoms with Gasteiger partial charge in [0, 0.05) is 0 Å². The molecule has 1 aliphatic rings. The third kappa shape index (κ3) is 3.38. The second-order valence-corrected chi connectivity index (χ2v) is 9.22. The van der Waals surface area contributed by atoms with Crippen molar-refractivity contribution >= 4 is 15.2 Å². The van der Waals surface area contributed by atoms with Gasteiger partial charge < -0.3 is 24.9 Å². The van der Waals surface area contributed by atoms with Crippen LogP contribution in [0.3, 0.4) is 0 Å². The van der Waals surface area contributed by atoms with Crippen LogP contribution in [-0.2, 0) is 9.13 Å². The Morgan fingerprint density at radius 3 is 2.12 bits per heavy atom. The van der Waals surface area contributed by atoms with Crippen LogP contribution in [0.5, 0.6) is 0 Å². The molecule has 0 radical (unpaired) electrons. The Labute approximate surface area is 99.9 Å². The third-order valence-corrected chi connectivity index (χ3v) is 7.77. The monoisotopic (exact) mass is 287 g/mol. The highest BCUT2D eigenvalue weighted by atomic mass is 31.2. The third-order valence-electron chi connectivity index (χ3n) is 3.33. The second-order valence-electron chi connectivity index (χ2n) is 4.72. The van der Waals surface area contributed by atoms with Gasteiger partial charge in [-0.15, -0.1) is 0 Å². The average Bonchev–Trinajstić information content (AvgIpc) is 2.15. The van der Waals surface area contributed by atoms with Gasteiger partial charge in [-0.25, -0.2) is 0 Å². The summed E-state index contributed by atoms with van der Waals surface area (Å²) in [7, 11) is -9.73. The minimum atomic E-state index is -4.87. The normalized spacial score (nSPS) is 23.7. The van der Waals surface area contributed by atoms with Crippen molar-refractivity contribution in [3.8, 4) is 0 Å². The first-order chi connectivity index (χ1) is 7.58. The average molecular weight is 287 g/mol. The van der Waals surface area contributed by atoms with Crippen LogP contribution in [0.2, 0.25) is 0 Å². The number of piperidine rings is 1. The topological polar surface area (TPSA) is 127 Å². The van der Waals surface area contributed by atoms with E-state index in [9.17, 15) is 28.7 Å². The van der Waals surface area contributed by atoms with Crippen molar-refractivity contribution < 1.29 is 28.7 Å². The minimum absolute atomic E-state index is 0.117. The molecule has 17 heavy (non-hydrogen) atoms. The Morgan fingerprint density at radius 2 is 1.76 bits per heavy atom. The molecule has 5 N–H and O–H groups in total. The highest BCUT2D eigenvalue weighted by Gasteiger charge is 2.56. The molecule has 1 rings (SSSR count). The lowest BCUT2D eigenvalue weighted by atomic mass is 9.95. The van der Waals surface area contributed by atoms with Crippen molar-refractivity contribution in [2.75, 3.05) is 13.1 Å². The molecule has 0 aliphatic carbocycles. The van der Waals surface area contributed by atoms with Gasteiger partial charge in [0.15, 0.2) is 4.90 Å². The van der Waals surface area contributed by atoms with E-state index >= 15 is 0 Å². The number of nitrogens with one attached hydrogen (secondary N) is 1. The molecule has 1 heterocycles. The van der Waals surface area contributed by atoms with Crippen molar-refractivity contribution in [1.82, 2.24) is 5.32 Å². The molecule has 0 saturated carbocycles. The van der Waals surface area contributed by atoms with Gasteiger partial charge in [0.2, 0.25) is 0 Å². The Morgan fingerprint density at radius 1 is 1.24 bits per heavy atom. The first kappa shape index (κ1) is 15.3. The van der Waals surface area contributed by atoms with Gasteiger partial charge in [-0.05, 0) is 45.2 Å². The fourth-order valence-electron chi connectivity index (χ4n) is 2.05. The van der Waals surface area contributed by atoms with Crippen LogP contribution in [0.1, 0.15) is 26.2 Å². The lowest BCUT2D eigenvalue weighted by molar-refractivity contribution is 0.274. The van der Waals surface area contributed by atoms with Crippen LogP contribution in [-0.4, -0.2) is 37.6 Å². The summed E-state index contributed by atoms with van der Waals surface area (Å²) in [6.45, 7) is 2.35. The van der Waals surface area contributed by atoms with E-state index in [1.54, 1.807) is 0 Å². The first-order valence-electron chi connectivity index (χ1n) is 5.40. The number of hydrogen-bond acceptors (Lipinski definition) is 3. The van der Waals surface area contributed by atoms with E-state index in [-0.39, 0.29) is 12.3 Å². The summed E-state index contributed by atoms with van der Waals surface area (Å²) in [6.07, 6.45) is 1.40. The Balaban J connectivity index is 2.92. The zero-order chi connectivity index (χ0) is 13.3. The molecule has 7 nitrogen and oxygen atoms in total. The Hall–Kier alpha value is 0.260. The molecule has 1 saturated heterocycles. The summed E-state index contributed by atoms with van der Waals surface area (Å²) < 4.78 is 22.7. The molecule has 0 aromatic rings. The molecule has 0 spiro atoms. The summed E-state index contributed by atoms with van der Waals surface area (Å²) in [5.74, 6) is -0.117. The minimum Gasteiger partial charge on any atom is -0.324 e. The van der Waals surface area contributed by atoms with Crippen LogP contribution in [0.4, 0.5) is 0 Å². The molecule has 0 aromatic carbocycles. The fraction of sp³-hybridized carbons (Fsp3) is 1.00. The van der Waals surface area contributed by atoms with Crippen molar-refractivity contribution in [3.05, 3.63) is 0 Å². The summed E-state index contributed by atoms with van der Waals surface area (Å²) >= 11 is 0. The van der Waals surface area contributed by atoms with Crippen molar-refractivity contribution in [2.45, 2.75) is 31.1 Å². The van der Waals surface area contributed by atoms with E-state index in [0.717, 1.165) is 26.3 Å². The highest BCUT2D eigenvalue weighted by Crippen LogP contribution is 2.71. The summed E-state index contributed by atoms with van der Waals surface area (Å²) in [6, 6.07) is 0. The lowest BCUT2D eigenvalue weighted by Crippen LogP contribution is -2.36. The number of hydrogen-bond donors (Lipinski definition) is 5. The largest absolute Gasteiger partial charge is 0.343 e. The summed E-state index contributed by atoms with van der Waals surface area (Å²) in [4.78, 5) is 34.5. The van der Waals surface area contributed by atoms with E-state index in [0.29, 0.717) is 6.54 Å². The molecular weight excluding hydrogens is 268 g/mol. The first-order valence-corrected chi connectivity index (χ1v) is 8.62. The van der Waals surface area contributed by atoms with Gasteiger partial charge in [-0.1, -0.05) is 0 Å². The molecule has 1 fully saturated rings. The molecule has 1 unspecified atom stereocenters. The predicted octanol–water partition coefficient (Wildman–Crippen LogP) is 0.448. The van der Waals surface area contributed by atoms with E-state index in [2.05, 4.69) is 5.32 Å². The van der Waals surface area contributed by atoms with E-state index in [1.165, 1.54) is 0 Å². The molecule has 0 aromatic heterocycles. The molecule has 1 aliphatic heterocycles. The van der Waals surface area contributed by atoms with Gasteiger partial charge in [0.05, 0.1) is 0 Å². The van der Waals surface area contributed by atoms with Crippen LogP contribution in [0, 0.1) is 5.92 Å². The van der Waals surface area contributed by atoms with Gasteiger partial charge in [0.1, 0.15) is 0 Å². The molecule has 0 amide bonds. The SMILES string of the molecule is CC(CC1CCCNC1)(P(=O)(O)O)P(=O)(O)O. The summed E-state index contributed by atoms with van der Waals surface area (Å²) in [5, 5.41) is 3.05. The van der Waals surface area contributed by atoms with E-state index in [4.69, 9.17) is 0 Å². The Bertz CT molecular complexity index is 333. The van der Waals surface area contributed by atoms with E-state index < -0.39 is 20.1 Å². The van der Waals surface area contributed by atoms with Crippen LogP contribution in [0.25, 0.3) is 0 Å². The maximum atomic E-state index is 11.4. The number of rotatable bonds is 4. The van der Waals surface area contributed by atoms with Crippen LogP contribution in [0.15, 0.2) is 0 Å². The lowest BCUT2D eigenvalue weighted by Gasteiger charge is -2.35. The Kier molecular flexibility index (Phi) is 4.59. The molecule has 1 atom stereocenters.